The van der Waals surface area contributed by atoms with E-state index in [0.717, 1.165) is 31.5 Å². The Balaban J connectivity index is 1.85. The fourth-order valence-corrected chi connectivity index (χ4v) is 3.40. The number of benzene rings is 1. The van der Waals surface area contributed by atoms with Gasteiger partial charge in [-0.25, -0.2) is 0 Å². The Labute approximate surface area is 125 Å². The highest BCUT2D eigenvalue weighted by molar-refractivity contribution is 5.87. The highest BCUT2D eigenvalue weighted by Crippen LogP contribution is 2.25. The summed E-state index contributed by atoms with van der Waals surface area (Å²) in [5, 5.41) is 0. The molecule has 1 unspecified atom stereocenters. The maximum Gasteiger partial charge on any atom is 0.245 e. The molecule has 4 heteroatoms. The summed E-state index contributed by atoms with van der Waals surface area (Å²) in [5.74, 6) is 0.110. The Morgan fingerprint density at radius 3 is 2.38 bits per heavy atom. The monoisotopic (exact) mass is 286 g/mol. The Morgan fingerprint density at radius 2 is 1.71 bits per heavy atom. The van der Waals surface area contributed by atoms with E-state index in [-0.39, 0.29) is 17.9 Å². The van der Waals surface area contributed by atoms with Gasteiger partial charge < -0.3 is 9.80 Å². The van der Waals surface area contributed by atoms with Gasteiger partial charge in [0, 0.05) is 33.0 Å². The molecule has 1 aromatic carbocycles. The lowest BCUT2D eigenvalue weighted by Gasteiger charge is -2.39. The summed E-state index contributed by atoms with van der Waals surface area (Å²) in [6.07, 6.45) is 4.00. The van der Waals surface area contributed by atoms with Gasteiger partial charge in [-0.2, -0.15) is 0 Å². The third-order valence-electron chi connectivity index (χ3n) is 4.61. The lowest BCUT2D eigenvalue weighted by Crippen LogP contribution is -2.54. The van der Waals surface area contributed by atoms with Crippen molar-refractivity contribution in [2.45, 2.75) is 45.2 Å². The predicted octanol–water partition coefficient (Wildman–Crippen LogP) is 1.97. The van der Waals surface area contributed by atoms with Gasteiger partial charge in [0.05, 0.1) is 0 Å². The lowest BCUT2D eigenvalue weighted by molar-refractivity contribution is -0.146. The number of carbonyl (C=O) groups excluding carboxylic acids is 2. The highest BCUT2D eigenvalue weighted by atomic mass is 16.2. The zero-order valence-electron chi connectivity index (χ0n) is 12.5. The van der Waals surface area contributed by atoms with E-state index in [1.807, 2.05) is 23.1 Å². The average Bonchev–Trinajstić information content (AvgIpc) is 2.53. The minimum atomic E-state index is -0.324. The molecule has 0 saturated carbocycles. The van der Waals surface area contributed by atoms with E-state index in [4.69, 9.17) is 0 Å². The second kappa shape index (κ2) is 5.88. The molecule has 21 heavy (non-hydrogen) atoms. The zero-order valence-corrected chi connectivity index (χ0v) is 12.5. The summed E-state index contributed by atoms with van der Waals surface area (Å²) in [6, 6.07) is 7.79. The smallest absolute Gasteiger partial charge is 0.245 e. The van der Waals surface area contributed by atoms with Gasteiger partial charge >= 0.3 is 0 Å². The Morgan fingerprint density at radius 1 is 1.05 bits per heavy atom. The molecular formula is C17H22N2O2. The van der Waals surface area contributed by atoms with Crippen LogP contribution >= 0.6 is 0 Å². The predicted molar refractivity (Wildman–Crippen MR) is 80.6 cm³/mol. The van der Waals surface area contributed by atoms with Gasteiger partial charge in [0.25, 0.3) is 0 Å². The highest BCUT2D eigenvalue weighted by Gasteiger charge is 2.35. The summed E-state index contributed by atoms with van der Waals surface area (Å²) < 4.78 is 0. The van der Waals surface area contributed by atoms with Crippen LogP contribution in [-0.4, -0.2) is 40.7 Å². The maximum absolute atomic E-state index is 12.8. The zero-order chi connectivity index (χ0) is 14.8. The van der Waals surface area contributed by atoms with Crippen LogP contribution in [0.25, 0.3) is 0 Å². The van der Waals surface area contributed by atoms with Crippen LogP contribution in [-0.2, 0) is 22.6 Å². The van der Waals surface area contributed by atoms with Gasteiger partial charge in [-0.05, 0) is 30.4 Å². The van der Waals surface area contributed by atoms with Crippen LogP contribution in [0.5, 0.6) is 0 Å². The summed E-state index contributed by atoms with van der Waals surface area (Å²) in [4.78, 5) is 28.4. The summed E-state index contributed by atoms with van der Waals surface area (Å²) in [6.45, 7) is 3.78. The molecule has 1 fully saturated rings. The van der Waals surface area contributed by atoms with Crippen molar-refractivity contribution in [1.29, 1.82) is 0 Å². The Hall–Kier alpha value is -1.84. The van der Waals surface area contributed by atoms with E-state index >= 15 is 0 Å². The first-order valence-corrected chi connectivity index (χ1v) is 7.79. The van der Waals surface area contributed by atoms with E-state index in [1.54, 1.807) is 11.8 Å². The number of nitrogens with zero attached hydrogens (tertiary/aromatic N) is 2. The van der Waals surface area contributed by atoms with Crippen molar-refractivity contribution < 1.29 is 9.59 Å². The normalized spacial score (nSPS) is 21.9. The standard InChI is InChI=1S/C17H22N2O2/c1-13(20)19-12-15-8-4-3-7-14(15)11-16(19)17(21)18-9-5-2-6-10-18/h3-4,7-8,16H,2,5-6,9-12H2,1H3. The van der Waals surface area contributed by atoms with E-state index < -0.39 is 0 Å². The molecule has 0 aromatic heterocycles. The van der Waals surface area contributed by atoms with E-state index in [9.17, 15) is 9.59 Å². The second-order valence-electron chi connectivity index (χ2n) is 6.02. The van der Waals surface area contributed by atoms with Crippen LogP contribution in [0.15, 0.2) is 24.3 Å². The number of piperidine rings is 1. The molecule has 0 spiro atoms. The lowest BCUT2D eigenvalue weighted by atomic mass is 9.92. The van der Waals surface area contributed by atoms with Gasteiger partial charge in [0.1, 0.15) is 6.04 Å². The fraction of sp³-hybridized carbons (Fsp3) is 0.529. The molecule has 0 N–H and O–H groups in total. The van der Waals surface area contributed by atoms with Crippen LogP contribution in [0.2, 0.25) is 0 Å². The van der Waals surface area contributed by atoms with Crippen molar-refractivity contribution in [2.75, 3.05) is 13.1 Å². The SMILES string of the molecule is CC(=O)N1Cc2ccccc2CC1C(=O)N1CCCCC1. The molecule has 1 aromatic rings. The van der Waals surface area contributed by atoms with Gasteiger partial charge in [0.15, 0.2) is 0 Å². The molecule has 0 aliphatic carbocycles. The average molecular weight is 286 g/mol. The molecule has 2 aliphatic heterocycles. The quantitative estimate of drug-likeness (QED) is 0.792. The van der Waals surface area contributed by atoms with Crippen molar-refractivity contribution in [1.82, 2.24) is 9.80 Å². The number of hydrogen-bond donors (Lipinski definition) is 0. The van der Waals surface area contributed by atoms with Crippen LogP contribution in [0.1, 0.15) is 37.3 Å². The van der Waals surface area contributed by atoms with Gasteiger partial charge in [0.2, 0.25) is 11.8 Å². The van der Waals surface area contributed by atoms with Crippen molar-refractivity contribution in [2.24, 2.45) is 0 Å². The van der Waals surface area contributed by atoms with Crippen molar-refractivity contribution in [3.05, 3.63) is 35.4 Å². The molecule has 2 aliphatic rings. The number of rotatable bonds is 1. The van der Waals surface area contributed by atoms with E-state index in [0.29, 0.717) is 13.0 Å². The number of carbonyl (C=O) groups is 2. The van der Waals surface area contributed by atoms with E-state index in [1.165, 1.54) is 12.0 Å². The number of likely N-dealkylation sites (tertiary alicyclic amines) is 1. The first kappa shape index (κ1) is 14.1. The summed E-state index contributed by atoms with van der Waals surface area (Å²) in [7, 11) is 0. The fourth-order valence-electron chi connectivity index (χ4n) is 3.40. The number of amides is 2. The van der Waals surface area contributed by atoms with Gasteiger partial charge in [-0.3, -0.25) is 9.59 Å². The molecular weight excluding hydrogens is 264 g/mol. The third kappa shape index (κ3) is 2.80. The summed E-state index contributed by atoms with van der Waals surface area (Å²) >= 11 is 0. The first-order chi connectivity index (χ1) is 10.2. The van der Waals surface area contributed by atoms with Crippen LogP contribution in [0.3, 0.4) is 0 Å². The molecule has 0 bridgehead atoms. The minimum Gasteiger partial charge on any atom is -0.341 e. The Bertz CT molecular complexity index is 549. The first-order valence-electron chi connectivity index (χ1n) is 7.79. The molecule has 1 atom stereocenters. The van der Waals surface area contributed by atoms with Crippen LogP contribution in [0, 0.1) is 0 Å². The summed E-state index contributed by atoms with van der Waals surface area (Å²) in [5.41, 5.74) is 2.36. The second-order valence-corrected chi connectivity index (χ2v) is 6.02. The molecule has 0 radical (unpaired) electrons. The van der Waals surface area contributed by atoms with Crippen LogP contribution < -0.4 is 0 Å². The van der Waals surface area contributed by atoms with Crippen molar-refractivity contribution >= 4 is 11.8 Å². The van der Waals surface area contributed by atoms with Crippen molar-refractivity contribution in [3.63, 3.8) is 0 Å². The van der Waals surface area contributed by atoms with Crippen LogP contribution in [0.4, 0.5) is 0 Å². The van der Waals surface area contributed by atoms with Gasteiger partial charge in [-0.15, -0.1) is 0 Å². The number of hydrogen-bond acceptors (Lipinski definition) is 2. The topological polar surface area (TPSA) is 40.6 Å². The van der Waals surface area contributed by atoms with Crippen molar-refractivity contribution in [3.8, 4) is 0 Å². The third-order valence-corrected chi connectivity index (χ3v) is 4.61. The maximum atomic E-state index is 12.8. The Kier molecular flexibility index (Phi) is 3.95. The molecule has 3 rings (SSSR count). The van der Waals surface area contributed by atoms with Gasteiger partial charge in [-0.1, -0.05) is 24.3 Å². The number of fused-ring (bicyclic) bond motifs is 1. The minimum absolute atomic E-state index is 0.0140. The molecule has 1 saturated heterocycles. The molecule has 4 nitrogen and oxygen atoms in total. The molecule has 2 heterocycles. The largest absolute Gasteiger partial charge is 0.341 e. The molecule has 112 valence electrons. The van der Waals surface area contributed by atoms with E-state index in [2.05, 4.69) is 6.07 Å². The molecule has 2 amide bonds.